The van der Waals surface area contributed by atoms with Crippen molar-refractivity contribution in [2.24, 2.45) is 0 Å². The minimum atomic E-state index is -0.394. The van der Waals surface area contributed by atoms with Gasteiger partial charge in [0.05, 0.1) is 0 Å². The SMILES string of the molecule is CC1C(=O)N(C)CCN1C(=O)CCc1ccc(F)cc1. The summed E-state index contributed by atoms with van der Waals surface area (Å²) in [7, 11) is 1.75. The molecule has 0 N–H and O–H groups in total. The molecule has 108 valence electrons. The van der Waals surface area contributed by atoms with Gasteiger partial charge in [-0.1, -0.05) is 12.1 Å². The Balaban J connectivity index is 1.91. The highest BCUT2D eigenvalue weighted by Crippen LogP contribution is 2.13. The lowest BCUT2D eigenvalue weighted by Crippen LogP contribution is -2.56. The number of hydrogen-bond donors (Lipinski definition) is 0. The molecule has 0 spiro atoms. The fourth-order valence-corrected chi connectivity index (χ4v) is 2.40. The van der Waals surface area contributed by atoms with Crippen LogP contribution in [-0.4, -0.2) is 47.8 Å². The molecule has 0 saturated carbocycles. The summed E-state index contributed by atoms with van der Waals surface area (Å²) < 4.78 is 12.8. The number of aryl methyl sites for hydroxylation is 1. The van der Waals surface area contributed by atoms with Gasteiger partial charge >= 0.3 is 0 Å². The molecule has 1 fully saturated rings. The smallest absolute Gasteiger partial charge is 0.244 e. The van der Waals surface area contributed by atoms with E-state index in [1.165, 1.54) is 12.1 Å². The van der Waals surface area contributed by atoms with Crippen molar-refractivity contribution in [3.8, 4) is 0 Å². The molecule has 5 heteroatoms. The fraction of sp³-hybridized carbons (Fsp3) is 0.467. The minimum absolute atomic E-state index is 0.0219. The van der Waals surface area contributed by atoms with Gasteiger partial charge in [-0.2, -0.15) is 0 Å². The lowest BCUT2D eigenvalue weighted by atomic mass is 10.1. The predicted molar refractivity (Wildman–Crippen MR) is 73.5 cm³/mol. The molecule has 1 saturated heterocycles. The van der Waals surface area contributed by atoms with Gasteiger partial charge in [0, 0.05) is 26.6 Å². The number of piperazine rings is 1. The molecule has 2 amide bonds. The molecule has 1 aromatic carbocycles. The highest BCUT2D eigenvalue weighted by molar-refractivity contribution is 5.88. The van der Waals surface area contributed by atoms with Crippen molar-refractivity contribution in [1.82, 2.24) is 9.80 Å². The van der Waals surface area contributed by atoms with Crippen LogP contribution >= 0.6 is 0 Å². The molecule has 2 rings (SSSR count). The molecular weight excluding hydrogens is 259 g/mol. The summed E-state index contributed by atoms with van der Waals surface area (Å²) in [6.45, 7) is 2.91. The van der Waals surface area contributed by atoms with Crippen molar-refractivity contribution in [2.45, 2.75) is 25.8 Å². The number of halogens is 1. The zero-order valence-electron chi connectivity index (χ0n) is 11.8. The molecule has 1 heterocycles. The third-order valence-electron chi connectivity index (χ3n) is 3.74. The number of nitrogens with zero attached hydrogens (tertiary/aromatic N) is 2. The van der Waals surface area contributed by atoms with Gasteiger partial charge in [0.1, 0.15) is 11.9 Å². The van der Waals surface area contributed by atoms with Crippen LogP contribution in [0.15, 0.2) is 24.3 Å². The Kier molecular flexibility index (Phi) is 4.37. The van der Waals surface area contributed by atoms with Crippen LogP contribution in [0.3, 0.4) is 0 Å². The number of amides is 2. The first-order valence-electron chi connectivity index (χ1n) is 6.78. The van der Waals surface area contributed by atoms with Crippen LogP contribution < -0.4 is 0 Å². The van der Waals surface area contributed by atoms with Gasteiger partial charge in [-0.3, -0.25) is 9.59 Å². The molecule has 1 aromatic rings. The summed E-state index contributed by atoms with van der Waals surface area (Å²) >= 11 is 0. The first kappa shape index (κ1) is 14.5. The van der Waals surface area contributed by atoms with Gasteiger partial charge < -0.3 is 9.80 Å². The lowest BCUT2D eigenvalue weighted by Gasteiger charge is -2.37. The molecule has 0 aromatic heterocycles. The summed E-state index contributed by atoms with van der Waals surface area (Å²) in [4.78, 5) is 27.3. The topological polar surface area (TPSA) is 40.6 Å². The van der Waals surface area contributed by atoms with Crippen LogP contribution in [0.25, 0.3) is 0 Å². The second-order valence-corrected chi connectivity index (χ2v) is 5.15. The fourth-order valence-electron chi connectivity index (χ4n) is 2.40. The maximum Gasteiger partial charge on any atom is 0.244 e. The Morgan fingerprint density at radius 3 is 2.60 bits per heavy atom. The van der Waals surface area contributed by atoms with Crippen LogP contribution in [0.4, 0.5) is 4.39 Å². The van der Waals surface area contributed by atoms with E-state index in [0.29, 0.717) is 25.9 Å². The molecule has 1 unspecified atom stereocenters. The van der Waals surface area contributed by atoms with Crippen molar-refractivity contribution in [3.05, 3.63) is 35.6 Å². The molecule has 0 bridgehead atoms. The van der Waals surface area contributed by atoms with Crippen LogP contribution in [0.2, 0.25) is 0 Å². The summed E-state index contributed by atoms with van der Waals surface area (Å²) in [5.41, 5.74) is 0.924. The second kappa shape index (κ2) is 6.03. The standard InChI is InChI=1S/C15H19FN2O2/c1-11-15(20)17(2)9-10-18(11)14(19)8-5-12-3-6-13(16)7-4-12/h3-4,6-7,11H,5,8-10H2,1-2H3. The molecule has 4 nitrogen and oxygen atoms in total. The number of benzene rings is 1. The predicted octanol–water partition coefficient (Wildman–Crippen LogP) is 1.45. The van der Waals surface area contributed by atoms with Crippen molar-refractivity contribution >= 4 is 11.8 Å². The molecular formula is C15H19FN2O2. The Morgan fingerprint density at radius 1 is 1.30 bits per heavy atom. The van der Waals surface area contributed by atoms with Gasteiger partial charge in [0.15, 0.2) is 0 Å². The van der Waals surface area contributed by atoms with Crippen molar-refractivity contribution in [3.63, 3.8) is 0 Å². The van der Waals surface area contributed by atoms with E-state index in [1.807, 2.05) is 0 Å². The minimum Gasteiger partial charge on any atom is -0.342 e. The Morgan fingerprint density at radius 2 is 1.95 bits per heavy atom. The van der Waals surface area contributed by atoms with E-state index in [2.05, 4.69) is 0 Å². The summed E-state index contributed by atoms with van der Waals surface area (Å²) in [6.07, 6.45) is 0.902. The van der Waals surface area contributed by atoms with E-state index >= 15 is 0 Å². The molecule has 20 heavy (non-hydrogen) atoms. The Labute approximate surface area is 118 Å². The average Bonchev–Trinajstić information content (AvgIpc) is 2.44. The molecule has 0 radical (unpaired) electrons. The maximum atomic E-state index is 12.8. The maximum absolute atomic E-state index is 12.8. The van der Waals surface area contributed by atoms with Crippen molar-refractivity contribution in [2.75, 3.05) is 20.1 Å². The van der Waals surface area contributed by atoms with E-state index < -0.39 is 6.04 Å². The monoisotopic (exact) mass is 278 g/mol. The van der Waals surface area contributed by atoms with Gasteiger partial charge in [0.2, 0.25) is 11.8 Å². The summed E-state index contributed by atoms with van der Waals surface area (Å²) in [5, 5.41) is 0. The van der Waals surface area contributed by atoms with E-state index in [4.69, 9.17) is 0 Å². The van der Waals surface area contributed by atoms with Crippen LogP contribution in [0.5, 0.6) is 0 Å². The van der Waals surface area contributed by atoms with Crippen molar-refractivity contribution in [1.29, 1.82) is 0 Å². The third kappa shape index (κ3) is 3.15. The van der Waals surface area contributed by atoms with Gasteiger partial charge in [-0.25, -0.2) is 4.39 Å². The normalized spacial score (nSPS) is 19.4. The summed E-state index contributed by atoms with van der Waals surface area (Å²) in [6, 6.07) is 5.75. The van der Waals surface area contributed by atoms with Crippen LogP contribution in [0.1, 0.15) is 18.9 Å². The van der Waals surface area contributed by atoms with E-state index in [9.17, 15) is 14.0 Å². The van der Waals surface area contributed by atoms with E-state index in [-0.39, 0.29) is 17.6 Å². The Hall–Kier alpha value is -1.91. The number of hydrogen-bond acceptors (Lipinski definition) is 2. The Bertz CT molecular complexity index is 501. The molecule has 1 aliphatic heterocycles. The highest BCUT2D eigenvalue weighted by Gasteiger charge is 2.31. The molecule has 1 aliphatic rings. The number of likely N-dealkylation sites (N-methyl/N-ethyl adjacent to an activating group) is 1. The number of carbonyl (C=O) groups excluding carboxylic acids is 2. The number of carbonyl (C=O) groups is 2. The zero-order chi connectivity index (χ0) is 14.7. The number of rotatable bonds is 3. The van der Waals surface area contributed by atoms with Crippen molar-refractivity contribution < 1.29 is 14.0 Å². The first-order chi connectivity index (χ1) is 9.49. The third-order valence-corrected chi connectivity index (χ3v) is 3.74. The second-order valence-electron chi connectivity index (χ2n) is 5.15. The molecule has 0 aliphatic carbocycles. The largest absolute Gasteiger partial charge is 0.342 e. The van der Waals surface area contributed by atoms with E-state index in [0.717, 1.165) is 5.56 Å². The van der Waals surface area contributed by atoms with Crippen LogP contribution in [0, 0.1) is 5.82 Å². The average molecular weight is 278 g/mol. The highest BCUT2D eigenvalue weighted by atomic mass is 19.1. The zero-order valence-corrected chi connectivity index (χ0v) is 11.8. The molecule has 1 atom stereocenters. The van der Waals surface area contributed by atoms with Gasteiger partial charge in [0.25, 0.3) is 0 Å². The quantitative estimate of drug-likeness (QED) is 0.839. The van der Waals surface area contributed by atoms with Gasteiger partial charge in [-0.05, 0) is 31.0 Å². The first-order valence-corrected chi connectivity index (χ1v) is 6.78. The van der Waals surface area contributed by atoms with Gasteiger partial charge in [-0.15, -0.1) is 0 Å². The van der Waals surface area contributed by atoms with Crippen LogP contribution in [-0.2, 0) is 16.0 Å². The van der Waals surface area contributed by atoms with E-state index in [1.54, 1.807) is 35.9 Å². The summed E-state index contributed by atoms with van der Waals surface area (Å²) in [5.74, 6) is -0.326. The lowest BCUT2D eigenvalue weighted by molar-refractivity contribution is -0.149.